The van der Waals surface area contributed by atoms with Gasteiger partial charge in [-0.25, -0.2) is 4.39 Å². The van der Waals surface area contributed by atoms with Crippen LogP contribution in [0.15, 0.2) is 0 Å². The van der Waals surface area contributed by atoms with Crippen LogP contribution < -0.4 is 0 Å². The first-order valence-corrected chi connectivity index (χ1v) is 9.06. The number of ether oxygens (including phenoxy) is 1. The molecule has 2 fully saturated rings. The molecule has 9 heteroatoms. The van der Waals surface area contributed by atoms with Crippen molar-refractivity contribution in [1.82, 2.24) is 0 Å². The minimum Gasteiger partial charge on any atom is -0.373 e. The first-order chi connectivity index (χ1) is 8.40. The molecular formula is C9H16BFO5P2. The van der Waals surface area contributed by atoms with Crippen LogP contribution in [0.1, 0.15) is 6.42 Å². The SMILES string of the molecule is [B][C@@H]1O[C@@]2(CCOP(C)(=O)OC2)C(OPC)[C@@H]1F. The van der Waals surface area contributed by atoms with Crippen LogP contribution in [0.5, 0.6) is 0 Å². The van der Waals surface area contributed by atoms with Crippen LogP contribution in [0, 0.1) is 0 Å². The Kier molecular flexibility index (Phi) is 4.53. The zero-order valence-electron chi connectivity index (χ0n) is 10.3. The zero-order chi connectivity index (χ0) is 13.4. The van der Waals surface area contributed by atoms with Gasteiger partial charge in [-0.2, -0.15) is 0 Å². The lowest BCUT2D eigenvalue weighted by molar-refractivity contribution is -0.0829. The molecule has 2 radical (unpaired) electrons. The lowest BCUT2D eigenvalue weighted by Crippen LogP contribution is -2.46. The summed E-state index contributed by atoms with van der Waals surface area (Å²) in [5.41, 5.74) is -1.01. The van der Waals surface area contributed by atoms with Crippen molar-refractivity contribution in [2.45, 2.75) is 30.3 Å². The number of hydrogen-bond donors (Lipinski definition) is 0. The smallest absolute Gasteiger partial charge is 0.327 e. The lowest BCUT2D eigenvalue weighted by Gasteiger charge is -2.31. The molecule has 2 aliphatic rings. The molecule has 1 spiro atoms. The third kappa shape index (κ3) is 2.82. The van der Waals surface area contributed by atoms with Crippen LogP contribution in [0.25, 0.3) is 0 Å². The summed E-state index contributed by atoms with van der Waals surface area (Å²) in [7, 11) is 2.60. The van der Waals surface area contributed by atoms with E-state index in [4.69, 9.17) is 26.2 Å². The third-order valence-corrected chi connectivity index (χ3v) is 4.87. The third-order valence-electron chi connectivity index (χ3n) is 3.13. The van der Waals surface area contributed by atoms with Gasteiger partial charge in [-0.1, -0.05) is 0 Å². The predicted molar refractivity (Wildman–Crippen MR) is 67.4 cm³/mol. The van der Waals surface area contributed by atoms with E-state index < -0.39 is 31.5 Å². The minimum atomic E-state index is -3.09. The Morgan fingerprint density at radius 3 is 2.94 bits per heavy atom. The Hall–Kier alpha value is 0.495. The van der Waals surface area contributed by atoms with Gasteiger partial charge < -0.3 is 18.3 Å². The summed E-state index contributed by atoms with van der Waals surface area (Å²) in [4.78, 5) is 0. The molecule has 0 aromatic carbocycles. The molecule has 0 aliphatic carbocycles. The monoisotopic (exact) mass is 296 g/mol. The van der Waals surface area contributed by atoms with Crippen molar-refractivity contribution in [3.05, 3.63) is 0 Å². The van der Waals surface area contributed by atoms with Crippen LogP contribution in [0.2, 0.25) is 0 Å². The van der Waals surface area contributed by atoms with Crippen molar-refractivity contribution in [2.24, 2.45) is 0 Å². The molecule has 6 atom stereocenters. The fraction of sp³-hybridized carbons (Fsp3) is 1.00. The fourth-order valence-electron chi connectivity index (χ4n) is 2.20. The Bertz CT molecular complexity index is 360. The van der Waals surface area contributed by atoms with Crippen LogP contribution in [0.4, 0.5) is 4.39 Å². The summed E-state index contributed by atoms with van der Waals surface area (Å²) in [5.74, 6) is 0. The molecule has 0 N–H and O–H groups in total. The first kappa shape index (κ1) is 14.9. The molecule has 2 rings (SSSR count). The van der Waals surface area contributed by atoms with Crippen molar-refractivity contribution in [2.75, 3.05) is 26.5 Å². The molecule has 2 saturated heterocycles. The highest BCUT2D eigenvalue weighted by atomic mass is 31.2. The topological polar surface area (TPSA) is 54.0 Å². The van der Waals surface area contributed by atoms with E-state index in [1.807, 2.05) is 0 Å². The van der Waals surface area contributed by atoms with E-state index in [0.717, 1.165) is 0 Å². The Morgan fingerprint density at radius 1 is 1.56 bits per heavy atom. The first-order valence-electron chi connectivity index (χ1n) is 5.67. The Balaban J connectivity index is 2.20. The molecule has 2 aliphatic heterocycles. The number of halogens is 1. The van der Waals surface area contributed by atoms with Crippen molar-refractivity contribution in [3.8, 4) is 0 Å². The van der Waals surface area contributed by atoms with E-state index in [1.54, 1.807) is 6.66 Å². The molecule has 2 heterocycles. The highest BCUT2D eigenvalue weighted by molar-refractivity contribution is 7.52. The van der Waals surface area contributed by atoms with Gasteiger partial charge in [-0.3, -0.25) is 4.57 Å². The van der Waals surface area contributed by atoms with Crippen molar-refractivity contribution in [3.63, 3.8) is 0 Å². The van der Waals surface area contributed by atoms with E-state index in [-0.39, 0.29) is 22.0 Å². The van der Waals surface area contributed by atoms with E-state index in [1.165, 1.54) is 6.66 Å². The molecule has 0 aromatic rings. The maximum absolute atomic E-state index is 14.0. The molecule has 0 amide bonds. The Morgan fingerprint density at radius 2 is 2.28 bits per heavy atom. The zero-order valence-corrected chi connectivity index (χ0v) is 12.2. The quantitative estimate of drug-likeness (QED) is 0.570. The van der Waals surface area contributed by atoms with Crippen molar-refractivity contribution < 1.29 is 27.3 Å². The van der Waals surface area contributed by atoms with Gasteiger partial charge in [0.2, 0.25) is 0 Å². The summed E-state index contributed by atoms with van der Waals surface area (Å²) in [6.45, 7) is 3.30. The minimum absolute atomic E-state index is 0.0377. The van der Waals surface area contributed by atoms with Crippen LogP contribution >= 0.6 is 16.4 Å². The average Bonchev–Trinajstić information content (AvgIpc) is 2.45. The van der Waals surface area contributed by atoms with Gasteiger partial charge >= 0.3 is 7.60 Å². The molecule has 18 heavy (non-hydrogen) atoms. The lowest BCUT2D eigenvalue weighted by atomic mass is 9.89. The molecular weight excluding hydrogens is 280 g/mol. The van der Waals surface area contributed by atoms with E-state index in [9.17, 15) is 8.96 Å². The standard InChI is InChI=1S/C9H16BFO5P2/c1-17-16-7-6(11)8(10)15-9(7)3-4-13-18(2,12)14-5-9/h6-8,17H,3-5H2,1-2H3/t6-,7?,8+,9+,18?/m0/s1. The highest BCUT2D eigenvalue weighted by Gasteiger charge is 2.56. The van der Waals surface area contributed by atoms with Gasteiger partial charge in [0, 0.05) is 21.9 Å². The van der Waals surface area contributed by atoms with E-state index in [2.05, 4.69) is 0 Å². The molecule has 5 nitrogen and oxygen atoms in total. The number of hydrogen-bond acceptors (Lipinski definition) is 5. The second-order valence-corrected chi connectivity index (χ2v) is 7.17. The predicted octanol–water partition coefficient (Wildman–Crippen LogP) is 1.46. The van der Waals surface area contributed by atoms with Crippen LogP contribution in [0.3, 0.4) is 0 Å². The second kappa shape index (κ2) is 5.47. The van der Waals surface area contributed by atoms with Gasteiger partial charge in [0.15, 0.2) is 0 Å². The fourth-order valence-corrected chi connectivity index (χ4v) is 3.75. The molecule has 0 aromatic heterocycles. The van der Waals surface area contributed by atoms with Crippen molar-refractivity contribution >= 4 is 24.2 Å². The number of rotatable bonds is 2. The summed E-state index contributed by atoms with van der Waals surface area (Å²) in [6.07, 6.45) is -1.89. The summed E-state index contributed by atoms with van der Waals surface area (Å²) < 4.78 is 47.0. The van der Waals surface area contributed by atoms with E-state index in [0.29, 0.717) is 6.42 Å². The average molecular weight is 296 g/mol. The maximum atomic E-state index is 14.0. The Labute approximate surface area is 109 Å². The van der Waals surface area contributed by atoms with Gasteiger partial charge in [0.25, 0.3) is 0 Å². The van der Waals surface area contributed by atoms with E-state index >= 15 is 0 Å². The summed E-state index contributed by atoms with van der Waals surface area (Å²) in [5, 5.41) is 0. The van der Waals surface area contributed by atoms with Crippen molar-refractivity contribution in [1.29, 1.82) is 0 Å². The van der Waals surface area contributed by atoms with Gasteiger partial charge in [-0.05, 0) is 6.66 Å². The van der Waals surface area contributed by atoms with Crippen LogP contribution in [-0.2, 0) is 22.9 Å². The van der Waals surface area contributed by atoms with Gasteiger partial charge in [0.1, 0.15) is 25.7 Å². The van der Waals surface area contributed by atoms with Gasteiger partial charge in [-0.15, -0.1) is 0 Å². The van der Waals surface area contributed by atoms with Gasteiger partial charge in [0.05, 0.1) is 19.2 Å². The normalized spacial score (nSPS) is 50.1. The molecule has 3 unspecified atom stereocenters. The summed E-state index contributed by atoms with van der Waals surface area (Å²) >= 11 is 0. The largest absolute Gasteiger partial charge is 0.373 e. The van der Waals surface area contributed by atoms with Crippen LogP contribution in [-0.4, -0.2) is 58.3 Å². The summed E-state index contributed by atoms with van der Waals surface area (Å²) in [6, 6.07) is -1.05. The molecule has 0 bridgehead atoms. The maximum Gasteiger partial charge on any atom is 0.327 e. The number of alkyl halides is 1. The molecule has 102 valence electrons. The second-order valence-electron chi connectivity index (χ2n) is 4.46. The molecule has 0 saturated carbocycles. The highest BCUT2D eigenvalue weighted by Crippen LogP contribution is 2.51.